The maximum atomic E-state index is 12.6. The van der Waals surface area contributed by atoms with Gasteiger partial charge in [0.1, 0.15) is 11.6 Å². The third kappa shape index (κ3) is 4.40. The van der Waals surface area contributed by atoms with Crippen molar-refractivity contribution in [1.29, 1.82) is 0 Å². The number of anilines is 3. The molecular weight excluding hydrogens is 388 g/mol. The molecule has 0 unspecified atom stereocenters. The molecule has 30 heavy (non-hydrogen) atoms. The molecule has 0 saturated carbocycles. The van der Waals surface area contributed by atoms with Crippen LogP contribution in [0.15, 0.2) is 30.6 Å². The molecule has 4 rings (SSSR count). The molecule has 0 aromatic carbocycles. The van der Waals surface area contributed by atoms with Crippen molar-refractivity contribution < 1.29 is 17.2 Å². The van der Waals surface area contributed by atoms with Crippen LogP contribution in [0.5, 0.6) is 0 Å². The lowest BCUT2D eigenvalue weighted by Crippen LogP contribution is -2.55. The van der Waals surface area contributed by atoms with Gasteiger partial charge in [0.25, 0.3) is 5.91 Å². The summed E-state index contributed by atoms with van der Waals surface area (Å²) >= 11 is 0. The van der Waals surface area contributed by atoms with Crippen molar-refractivity contribution in [2.45, 2.75) is 0 Å². The Kier molecular flexibility index (Phi) is 5.89. The zero-order chi connectivity index (χ0) is 20.9. The van der Waals surface area contributed by atoms with Crippen LogP contribution in [-0.2, 0) is 4.74 Å². The molecule has 2 fully saturated rings. The fourth-order valence-corrected chi connectivity index (χ4v) is 3.40. The van der Waals surface area contributed by atoms with Crippen molar-refractivity contribution in [3.63, 3.8) is 0 Å². The average molecular weight is 416 g/mol. The largest absolute Gasteiger partial charge is 0.382 e. The molecule has 2 aromatic heterocycles. The van der Waals surface area contributed by atoms with Crippen molar-refractivity contribution in [3.05, 3.63) is 36.3 Å². The summed E-state index contributed by atoms with van der Waals surface area (Å²) in [6.07, 6.45) is 3.13. The number of carbonyl (C=O) groups is 2. The molecule has 3 N–H and O–H groups in total. The normalized spacial score (nSPS) is 17.0. The molecule has 0 atom stereocenters. The summed E-state index contributed by atoms with van der Waals surface area (Å²) in [7, 11) is 0. The zero-order valence-electron chi connectivity index (χ0n) is 16.5. The monoisotopic (exact) mass is 416 g/mol. The van der Waals surface area contributed by atoms with Crippen LogP contribution in [0.2, 0.25) is 0 Å². The number of carbonyl (C=O) groups excluding carboxylic acids is 2. The van der Waals surface area contributed by atoms with Gasteiger partial charge in [0.05, 0.1) is 19.4 Å². The van der Waals surface area contributed by atoms with Crippen molar-refractivity contribution in [2.24, 2.45) is 0 Å². The lowest BCUT2D eigenvalue weighted by Gasteiger charge is -2.38. The number of amides is 3. The topological polar surface area (TPSA) is 130 Å². The zero-order valence-corrected chi connectivity index (χ0v) is 16.5. The lowest BCUT2D eigenvalue weighted by molar-refractivity contribution is 0.0428. The first-order chi connectivity index (χ1) is 14.6. The van der Waals surface area contributed by atoms with Crippen LogP contribution in [0, 0.1) is 0 Å². The average Bonchev–Trinajstić information content (AvgIpc) is 2.80. The number of nitrogens with two attached hydrogens (primary N) is 1. The van der Waals surface area contributed by atoms with Gasteiger partial charge >= 0.3 is 6.03 Å². The summed E-state index contributed by atoms with van der Waals surface area (Å²) < 4.78 is 5.31. The van der Waals surface area contributed by atoms with E-state index in [1.54, 1.807) is 30.6 Å². The van der Waals surface area contributed by atoms with E-state index in [-0.39, 0.29) is 20.4 Å². The van der Waals surface area contributed by atoms with Crippen LogP contribution in [0.25, 0.3) is 0 Å². The Hall–Kier alpha value is -3.47. The lowest BCUT2D eigenvalue weighted by atomic mass is 10.3. The molecule has 2 aromatic rings. The SMILES string of the molecule is Nc1ncc(N2CCN(C(=O)N3CCOCC3)CC2)nc1C(=O)Nc1ccccn1.[HH].[HH]. The van der Waals surface area contributed by atoms with Gasteiger partial charge < -0.3 is 30.5 Å². The number of piperazine rings is 1. The van der Waals surface area contributed by atoms with E-state index in [1.807, 2.05) is 14.7 Å². The number of nitrogens with zero attached hydrogens (tertiary/aromatic N) is 6. The van der Waals surface area contributed by atoms with E-state index in [0.29, 0.717) is 64.1 Å². The van der Waals surface area contributed by atoms with E-state index >= 15 is 0 Å². The molecule has 162 valence electrons. The number of rotatable bonds is 3. The minimum atomic E-state index is -0.471. The van der Waals surface area contributed by atoms with Crippen LogP contribution in [-0.4, -0.2) is 89.2 Å². The number of pyridine rings is 1. The standard InChI is InChI=1S/C19H24N8O3.2H2/c20-17-16(18(28)23-14-3-1-2-4-21-14)24-15(13-22-17)25-5-7-26(8-6-25)19(29)27-9-11-30-12-10-27;;/h1-4,13H,5-12H2,(H2,20,22)(H,21,23,28);2*1H. The van der Waals surface area contributed by atoms with Crippen molar-refractivity contribution >= 4 is 29.4 Å². The second-order valence-corrected chi connectivity index (χ2v) is 6.99. The highest BCUT2D eigenvalue weighted by atomic mass is 16.5. The Morgan fingerprint density at radius 1 is 1.03 bits per heavy atom. The van der Waals surface area contributed by atoms with Crippen molar-refractivity contribution in [1.82, 2.24) is 24.8 Å². The predicted molar refractivity (Wildman–Crippen MR) is 114 cm³/mol. The van der Waals surface area contributed by atoms with Gasteiger partial charge in [-0.1, -0.05) is 6.07 Å². The third-order valence-corrected chi connectivity index (χ3v) is 5.07. The van der Waals surface area contributed by atoms with Gasteiger partial charge in [-0.2, -0.15) is 0 Å². The first kappa shape index (κ1) is 19.8. The van der Waals surface area contributed by atoms with Crippen LogP contribution in [0.4, 0.5) is 22.2 Å². The van der Waals surface area contributed by atoms with Crippen LogP contribution < -0.4 is 16.0 Å². The molecule has 11 heteroatoms. The summed E-state index contributed by atoms with van der Waals surface area (Å²) in [5.74, 6) is 0.535. The maximum absolute atomic E-state index is 12.6. The van der Waals surface area contributed by atoms with E-state index in [1.165, 1.54) is 0 Å². The molecular formula is C19H28N8O3. The highest BCUT2D eigenvalue weighted by Gasteiger charge is 2.27. The number of urea groups is 1. The summed E-state index contributed by atoms with van der Waals surface area (Å²) in [4.78, 5) is 43.5. The minimum absolute atomic E-state index is 0. The highest BCUT2D eigenvalue weighted by Crippen LogP contribution is 2.18. The van der Waals surface area contributed by atoms with Gasteiger partial charge in [0, 0.05) is 48.3 Å². The molecule has 0 aliphatic carbocycles. The molecule has 3 amide bonds. The molecule has 0 bridgehead atoms. The van der Waals surface area contributed by atoms with Gasteiger partial charge in [0.15, 0.2) is 11.5 Å². The number of ether oxygens (including phenoxy) is 1. The van der Waals surface area contributed by atoms with Gasteiger partial charge in [-0.25, -0.2) is 19.7 Å². The number of aromatic nitrogens is 3. The predicted octanol–water partition coefficient (Wildman–Crippen LogP) is 0.772. The third-order valence-electron chi connectivity index (χ3n) is 5.07. The minimum Gasteiger partial charge on any atom is -0.382 e. The first-order valence-corrected chi connectivity index (χ1v) is 9.83. The van der Waals surface area contributed by atoms with Gasteiger partial charge in [-0.05, 0) is 12.1 Å². The number of nitrogen functional groups attached to an aromatic ring is 1. The molecule has 2 saturated heterocycles. The molecule has 0 radical (unpaired) electrons. The van der Waals surface area contributed by atoms with E-state index in [2.05, 4.69) is 20.3 Å². The Balaban J connectivity index is 0.00000181. The summed E-state index contributed by atoms with van der Waals surface area (Å²) in [6, 6.07) is 5.24. The van der Waals surface area contributed by atoms with Crippen molar-refractivity contribution in [2.75, 3.05) is 68.4 Å². The number of morpholine rings is 1. The Morgan fingerprint density at radius 2 is 1.77 bits per heavy atom. The van der Waals surface area contributed by atoms with Gasteiger partial charge in [-0.15, -0.1) is 0 Å². The van der Waals surface area contributed by atoms with E-state index in [4.69, 9.17) is 10.5 Å². The first-order valence-electron chi connectivity index (χ1n) is 9.83. The smallest absolute Gasteiger partial charge is 0.320 e. The molecule has 0 spiro atoms. The van der Waals surface area contributed by atoms with Gasteiger partial charge in [0.2, 0.25) is 0 Å². The van der Waals surface area contributed by atoms with Crippen LogP contribution >= 0.6 is 0 Å². The second-order valence-electron chi connectivity index (χ2n) is 6.99. The Morgan fingerprint density at radius 3 is 2.47 bits per heavy atom. The molecule has 2 aliphatic rings. The van der Waals surface area contributed by atoms with Gasteiger partial charge in [-0.3, -0.25) is 4.79 Å². The number of nitrogens with one attached hydrogen (secondary N) is 1. The molecule has 2 aliphatic heterocycles. The fourth-order valence-electron chi connectivity index (χ4n) is 3.40. The molecule has 11 nitrogen and oxygen atoms in total. The van der Waals surface area contributed by atoms with E-state index in [0.717, 1.165) is 0 Å². The summed E-state index contributed by atoms with van der Waals surface area (Å²) in [6.45, 7) is 4.72. The summed E-state index contributed by atoms with van der Waals surface area (Å²) in [5, 5.41) is 2.67. The fraction of sp³-hybridized carbons (Fsp3) is 0.421. The Bertz CT molecular complexity index is 907. The number of hydrogen-bond acceptors (Lipinski definition) is 8. The number of hydrogen-bond donors (Lipinski definition) is 2. The van der Waals surface area contributed by atoms with Crippen LogP contribution in [0.3, 0.4) is 0 Å². The second kappa shape index (κ2) is 8.91. The highest BCUT2D eigenvalue weighted by molar-refractivity contribution is 6.05. The molecule has 4 heterocycles. The Labute approximate surface area is 176 Å². The van der Waals surface area contributed by atoms with Crippen molar-refractivity contribution in [3.8, 4) is 0 Å². The summed E-state index contributed by atoms with van der Waals surface area (Å²) in [5.41, 5.74) is 5.92. The van der Waals surface area contributed by atoms with E-state index in [9.17, 15) is 9.59 Å². The van der Waals surface area contributed by atoms with E-state index < -0.39 is 5.91 Å². The maximum Gasteiger partial charge on any atom is 0.320 e. The quantitative estimate of drug-likeness (QED) is 0.750. The van der Waals surface area contributed by atoms with Crippen LogP contribution in [0.1, 0.15) is 13.3 Å².